The van der Waals surface area contributed by atoms with Crippen molar-refractivity contribution in [3.8, 4) is 5.69 Å². The van der Waals surface area contributed by atoms with Gasteiger partial charge in [0.2, 0.25) is 0 Å². The summed E-state index contributed by atoms with van der Waals surface area (Å²) in [5, 5.41) is 2.60. The maximum Gasteiger partial charge on any atom is 0.0782 e. The standard InChI is InChI=1S/C30H22N2/c1-3-11-21(12-4-1)31-27-17-9-7-15-23(27)25-19-20-26-24-16-8-10-18-28(24)32(30(26)29(25)31)22-13-5-2-6-14-22/h1-20,23,27H. The van der Waals surface area contributed by atoms with Crippen LogP contribution in [0, 0.1) is 0 Å². The zero-order chi connectivity index (χ0) is 21.1. The van der Waals surface area contributed by atoms with Crippen molar-refractivity contribution in [3.05, 3.63) is 127 Å². The molecule has 32 heavy (non-hydrogen) atoms. The first-order valence-electron chi connectivity index (χ1n) is 11.2. The fourth-order valence-electron chi connectivity index (χ4n) is 5.59. The first-order chi connectivity index (χ1) is 15.9. The molecule has 0 radical (unpaired) electrons. The van der Waals surface area contributed by atoms with E-state index < -0.39 is 0 Å². The lowest BCUT2D eigenvalue weighted by molar-refractivity contribution is 0.745. The third-order valence-electron chi connectivity index (χ3n) is 6.89. The van der Waals surface area contributed by atoms with Gasteiger partial charge in [-0.05, 0) is 35.9 Å². The van der Waals surface area contributed by atoms with E-state index in [0.717, 1.165) is 0 Å². The number of rotatable bonds is 2. The Hall–Kier alpha value is -4.04. The van der Waals surface area contributed by atoms with Crippen molar-refractivity contribution in [3.63, 3.8) is 0 Å². The fourth-order valence-corrected chi connectivity index (χ4v) is 5.59. The average Bonchev–Trinajstić information content (AvgIpc) is 3.38. The maximum atomic E-state index is 2.54. The number of anilines is 2. The Morgan fingerprint density at radius 2 is 1.25 bits per heavy atom. The van der Waals surface area contributed by atoms with Gasteiger partial charge in [0.1, 0.15) is 0 Å². The number of hydrogen-bond donors (Lipinski definition) is 0. The van der Waals surface area contributed by atoms with E-state index >= 15 is 0 Å². The van der Waals surface area contributed by atoms with Crippen LogP contribution < -0.4 is 4.90 Å². The van der Waals surface area contributed by atoms with Crippen LogP contribution in [0.3, 0.4) is 0 Å². The molecular formula is C30H22N2. The molecule has 1 aromatic heterocycles. The highest BCUT2D eigenvalue weighted by molar-refractivity contribution is 6.15. The van der Waals surface area contributed by atoms with E-state index in [0.29, 0.717) is 5.92 Å². The summed E-state index contributed by atoms with van der Waals surface area (Å²) in [6.07, 6.45) is 9.08. The van der Waals surface area contributed by atoms with E-state index in [9.17, 15) is 0 Å². The fraction of sp³-hybridized carbons (Fsp3) is 0.0667. The quantitative estimate of drug-likeness (QED) is 0.292. The molecule has 2 heteroatoms. The number of hydrogen-bond acceptors (Lipinski definition) is 1. The SMILES string of the molecule is C1=CC2c3ccc4c5ccccc5n(-c5ccccc5)c4c3N(c3ccccc3)C2C=C1. The Morgan fingerprint density at radius 3 is 2.06 bits per heavy atom. The molecule has 4 aromatic carbocycles. The minimum Gasteiger partial charge on any atom is -0.332 e. The third kappa shape index (κ3) is 2.35. The van der Waals surface area contributed by atoms with Crippen molar-refractivity contribution < 1.29 is 0 Å². The van der Waals surface area contributed by atoms with Gasteiger partial charge in [0, 0.05) is 28.1 Å². The van der Waals surface area contributed by atoms with Gasteiger partial charge < -0.3 is 9.47 Å². The second-order valence-electron chi connectivity index (χ2n) is 8.58. The summed E-state index contributed by atoms with van der Waals surface area (Å²) >= 11 is 0. The molecule has 1 aliphatic heterocycles. The van der Waals surface area contributed by atoms with Crippen LogP contribution in [-0.2, 0) is 0 Å². The van der Waals surface area contributed by atoms with Crippen molar-refractivity contribution >= 4 is 33.2 Å². The monoisotopic (exact) mass is 410 g/mol. The molecule has 7 rings (SSSR count). The number of nitrogens with zero attached hydrogens (tertiary/aromatic N) is 2. The van der Waals surface area contributed by atoms with Crippen LogP contribution in [-0.4, -0.2) is 10.6 Å². The van der Waals surface area contributed by atoms with Crippen LogP contribution in [0.15, 0.2) is 121 Å². The van der Waals surface area contributed by atoms with Gasteiger partial charge in [-0.1, -0.05) is 91.0 Å². The zero-order valence-electron chi connectivity index (χ0n) is 17.6. The summed E-state index contributed by atoms with van der Waals surface area (Å²) in [4.78, 5) is 2.54. The number of aromatic nitrogens is 1. The van der Waals surface area contributed by atoms with E-state index in [-0.39, 0.29) is 6.04 Å². The largest absolute Gasteiger partial charge is 0.332 e. The van der Waals surface area contributed by atoms with Crippen LogP contribution in [0.1, 0.15) is 11.5 Å². The molecule has 0 saturated carbocycles. The summed E-state index contributed by atoms with van der Waals surface area (Å²) in [6.45, 7) is 0. The first kappa shape index (κ1) is 17.6. The first-order valence-corrected chi connectivity index (χ1v) is 11.2. The Bertz CT molecular complexity index is 1520. The van der Waals surface area contributed by atoms with Gasteiger partial charge in [0.15, 0.2) is 0 Å². The van der Waals surface area contributed by atoms with Crippen LogP contribution in [0.5, 0.6) is 0 Å². The zero-order valence-corrected chi connectivity index (χ0v) is 17.6. The summed E-state index contributed by atoms with van der Waals surface area (Å²) in [5.74, 6) is 0.349. The highest BCUT2D eigenvalue weighted by Crippen LogP contribution is 2.52. The molecule has 0 spiro atoms. The maximum absolute atomic E-state index is 2.54. The van der Waals surface area contributed by atoms with Gasteiger partial charge in [-0.25, -0.2) is 0 Å². The Labute approximate surface area is 187 Å². The predicted molar refractivity (Wildman–Crippen MR) is 134 cm³/mol. The molecule has 2 nitrogen and oxygen atoms in total. The van der Waals surface area contributed by atoms with E-state index in [1.54, 1.807) is 0 Å². The molecule has 0 bridgehead atoms. The lowest BCUT2D eigenvalue weighted by atomic mass is 9.91. The van der Waals surface area contributed by atoms with Gasteiger partial charge in [0.25, 0.3) is 0 Å². The lowest BCUT2D eigenvalue weighted by Crippen LogP contribution is -2.28. The van der Waals surface area contributed by atoms with Gasteiger partial charge in [0.05, 0.1) is 22.8 Å². The highest BCUT2D eigenvalue weighted by Gasteiger charge is 2.39. The molecule has 2 aliphatic rings. The molecule has 2 heterocycles. The van der Waals surface area contributed by atoms with Crippen LogP contribution >= 0.6 is 0 Å². The molecule has 152 valence electrons. The van der Waals surface area contributed by atoms with Crippen molar-refractivity contribution in [2.75, 3.05) is 4.90 Å². The summed E-state index contributed by atoms with van der Waals surface area (Å²) in [6, 6.07) is 35.3. The van der Waals surface area contributed by atoms with Crippen molar-refractivity contribution in [2.24, 2.45) is 0 Å². The molecule has 2 unspecified atom stereocenters. The Balaban J connectivity index is 1.65. The second-order valence-corrected chi connectivity index (χ2v) is 8.58. The third-order valence-corrected chi connectivity index (χ3v) is 6.89. The van der Waals surface area contributed by atoms with Crippen LogP contribution in [0.25, 0.3) is 27.5 Å². The van der Waals surface area contributed by atoms with Crippen molar-refractivity contribution in [1.29, 1.82) is 0 Å². The van der Waals surface area contributed by atoms with Gasteiger partial charge >= 0.3 is 0 Å². The van der Waals surface area contributed by atoms with Gasteiger partial charge in [-0.15, -0.1) is 0 Å². The van der Waals surface area contributed by atoms with Gasteiger partial charge in [-0.3, -0.25) is 0 Å². The summed E-state index contributed by atoms with van der Waals surface area (Å²) in [5.41, 5.74) is 7.68. The molecule has 0 amide bonds. The van der Waals surface area contributed by atoms with Crippen molar-refractivity contribution in [2.45, 2.75) is 12.0 Å². The molecule has 5 aromatic rings. The molecule has 0 N–H and O–H groups in total. The van der Waals surface area contributed by atoms with Crippen LogP contribution in [0.4, 0.5) is 11.4 Å². The Kier molecular flexibility index (Phi) is 3.71. The van der Waals surface area contributed by atoms with E-state index in [4.69, 9.17) is 0 Å². The molecular weight excluding hydrogens is 388 g/mol. The normalized spacial score (nSPS) is 18.9. The molecule has 2 atom stereocenters. The van der Waals surface area contributed by atoms with Gasteiger partial charge in [-0.2, -0.15) is 0 Å². The summed E-state index contributed by atoms with van der Waals surface area (Å²) in [7, 11) is 0. The summed E-state index contributed by atoms with van der Waals surface area (Å²) < 4.78 is 2.45. The van der Waals surface area contributed by atoms with Crippen molar-refractivity contribution in [1.82, 2.24) is 4.57 Å². The average molecular weight is 411 g/mol. The molecule has 0 saturated heterocycles. The minimum atomic E-state index is 0.283. The highest BCUT2D eigenvalue weighted by atomic mass is 15.2. The molecule has 0 fully saturated rings. The number of benzene rings is 4. The smallest absolute Gasteiger partial charge is 0.0782 e. The van der Waals surface area contributed by atoms with Crippen LogP contribution in [0.2, 0.25) is 0 Å². The Morgan fingerprint density at radius 1 is 0.562 bits per heavy atom. The lowest BCUT2D eigenvalue weighted by Gasteiger charge is -2.29. The molecule has 1 aliphatic carbocycles. The minimum absolute atomic E-state index is 0.283. The van der Waals surface area contributed by atoms with E-state index in [2.05, 4.69) is 131 Å². The number of fused-ring (bicyclic) bond motifs is 7. The van der Waals surface area contributed by atoms with E-state index in [1.165, 1.54) is 44.4 Å². The van der Waals surface area contributed by atoms with E-state index in [1.807, 2.05) is 0 Å². The second kappa shape index (κ2) is 6.73. The number of allylic oxidation sites excluding steroid dienone is 2. The predicted octanol–water partition coefficient (Wildman–Crippen LogP) is 7.51. The number of para-hydroxylation sites is 3. The topological polar surface area (TPSA) is 8.17 Å².